The fourth-order valence-corrected chi connectivity index (χ4v) is 1.09. The van der Waals surface area contributed by atoms with Crippen molar-refractivity contribution in [3.63, 3.8) is 0 Å². The molecule has 0 saturated carbocycles. The molecule has 0 spiro atoms. The average Bonchev–Trinajstić information content (AvgIpc) is 2.23. The monoisotopic (exact) mass is 248 g/mol. The molecule has 0 atom stereocenters. The van der Waals surface area contributed by atoms with Crippen molar-refractivity contribution in [2.75, 3.05) is 13.2 Å². The molecule has 0 aliphatic carbocycles. The Labute approximate surface area is 96.1 Å². The molecule has 0 N–H and O–H groups in total. The Morgan fingerprint density at radius 2 is 1.76 bits per heavy atom. The molecular formula is C11H11F3O3. The minimum absolute atomic E-state index is 0.0658. The number of rotatable bonds is 4. The van der Waals surface area contributed by atoms with E-state index in [4.69, 9.17) is 4.74 Å². The number of esters is 1. The topological polar surface area (TPSA) is 35.5 Å². The average molecular weight is 248 g/mol. The zero-order valence-electron chi connectivity index (χ0n) is 9.08. The Kier molecular flexibility index (Phi) is 4.37. The summed E-state index contributed by atoms with van der Waals surface area (Å²) in [5.74, 6) is -0.133. The molecule has 1 aromatic carbocycles. The van der Waals surface area contributed by atoms with Crippen molar-refractivity contribution in [3.8, 4) is 5.75 Å². The van der Waals surface area contributed by atoms with E-state index in [1.807, 2.05) is 0 Å². The first kappa shape index (κ1) is 13.3. The summed E-state index contributed by atoms with van der Waals surface area (Å²) in [5.41, 5.74) is -0.732. The summed E-state index contributed by atoms with van der Waals surface area (Å²) in [5, 5.41) is 0. The van der Waals surface area contributed by atoms with Gasteiger partial charge in [0.1, 0.15) is 19.0 Å². The van der Waals surface area contributed by atoms with Crippen molar-refractivity contribution in [3.05, 3.63) is 29.8 Å². The van der Waals surface area contributed by atoms with Gasteiger partial charge in [-0.25, -0.2) is 0 Å². The second kappa shape index (κ2) is 5.56. The standard InChI is InChI=1S/C11H11F3O3/c1-8(15)16-6-7-17-10-4-2-9(3-5-10)11(12,13)14/h2-5H,6-7H2,1H3. The Morgan fingerprint density at radius 1 is 1.18 bits per heavy atom. The van der Waals surface area contributed by atoms with Crippen LogP contribution in [0.3, 0.4) is 0 Å². The van der Waals surface area contributed by atoms with Gasteiger partial charge in [-0.3, -0.25) is 4.79 Å². The highest BCUT2D eigenvalue weighted by Gasteiger charge is 2.29. The predicted octanol–water partition coefficient (Wildman–Crippen LogP) is 2.65. The van der Waals surface area contributed by atoms with Gasteiger partial charge in [-0.2, -0.15) is 13.2 Å². The smallest absolute Gasteiger partial charge is 0.416 e. The molecule has 0 unspecified atom stereocenters. The van der Waals surface area contributed by atoms with E-state index < -0.39 is 17.7 Å². The molecule has 0 heterocycles. The van der Waals surface area contributed by atoms with Gasteiger partial charge < -0.3 is 9.47 Å². The lowest BCUT2D eigenvalue weighted by Crippen LogP contribution is -2.10. The summed E-state index contributed by atoms with van der Waals surface area (Å²) in [6, 6.07) is 4.30. The van der Waals surface area contributed by atoms with Crippen LogP contribution in [-0.2, 0) is 15.7 Å². The highest BCUT2D eigenvalue weighted by molar-refractivity contribution is 5.65. The summed E-state index contributed by atoms with van der Waals surface area (Å²) in [6.07, 6.45) is -4.35. The van der Waals surface area contributed by atoms with Crippen LogP contribution in [0.15, 0.2) is 24.3 Å². The number of alkyl halides is 3. The second-order valence-electron chi connectivity index (χ2n) is 3.21. The van der Waals surface area contributed by atoms with Crippen LogP contribution in [0.1, 0.15) is 12.5 Å². The van der Waals surface area contributed by atoms with Crippen molar-refractivity contribution < 1.29 is 27.4 Å². The molecule has 1 aromatic rings. The number of carbonyl (C=O) groups excluding carboxylic acids is 1. The number of halogens is 3. The van der Waals surface area contributed by atoms with Crippen molar-refractivity contribution in [2.24, 2.45) is 0 Å². The maximum atomic E-state index is 12.2. The van der Waals surface area contributed by atoms with Gasteiger partial charge in [-0.15, -0.1) is 0 Å². The first-order valence-corrected chi connectivity index (χ1v) is 4.83. The molecule has 0 fully saturated rings. The lowest BCUT2D eigenvalue weighted by atomic mass is 10.2. The van der Waals surface area contributed by atoms with Crippen LogP contribution < -0.4 is 4.74 Å². The summed E-state index contributed by atoms with van der Waals surface area (Å²) in [4.78, 5) is 10.4. The molecular weight excluding hydrogens is 237 g/mol. The predicted molar refractivity (Wildman–Crippen MR) is 53.6 cm³/mol. The molecule has 1 rings (SSSR count). The number of hydrogen-bond acceptors (Lipinski definition) is 3. The lowest BCUT2D eigenvalue weighted by molar-refractivity contribution is -0.141. The number of ether oxygens (including phenoxy) is 2. The van der Waals surface area contributed by atoms with E-state index in [0.29, 0.717) is 5.75 Å². The minimum atomic E-state index is -4.35. The lowest BCUT2D eigenvalue weighted by Gasteiger charge is -2.09. The number of hydrogen-bond donors (Lipinski definition) is 0. The molecule has 0 aromatic heterocycles. The third kappa shape index (κ3) is 4.76. The SMILES string of the molecule is CC(=O)OCCOc1ccc(C(F)(F)F)cc1. The van der Waals surface area contributed by atoms with Crippen LogP contribution in [0.4, 0.5) is 13.2 Å². The van der Waals surface area contributed by atoms with Gasteiger partial charge in [0.15, 0.2) is 0 Å². The van der Waals surface area contributed by atoms with Crippen LogP contribution in [0.25, 0.3) is 0 Å². The van der Waals surface area contributed by atoms with E-state index >= 15 is 0 Å². The maximum absolute atomic E-state index is 12.2. The molecule has 0 radical (unpaired) electrons. The molecule has 0 aliphatic heterocycles. The minimum Gasteiger partial charge on any atom is -0.490 e. The van der Waals surface area contributed by atoms with Crippen LogP contribution >= 0.6 is 0 Å². The Morgan fingerprint density at radius 3 is 2.24 bits per heavy atom. The molecule has 94 valence electrons. The molecule has 0 bridgehead atoms. The Hall–Kier alpha value is -1.72. The molecule has 0 saturated heterocycles. The number of benzene rings is 1. The molecule has 3 nitrogen and oxygen atoms in total. The van der Waals surface area contributed by atoms with Crippen LogP contribution in [0, 0.1) is 0 Å². The highest BCUT2D eigenvalue weighted by atomic mass is 19.4. The first-order valence-electron chi connectivity index (χ1n) is 4.83. The van der Waals surface area contributed by atoms with Gasteiger partial charge in [0, 0.05) is 6.92 Å². The van der Waals surface area contributed by atoms with Gasteiger partial charge in [0.05, 0.1) is 5.56 Å². The summed E-state index contributed by atoms with van der Waals surface area (Å²) >= 11 is 0. The third-order valence-corrected chi connectivity index (χ3v) is 1.84. The Bertz CT molecular complexity index is 371. The summed E-state index contributed by atoms with van der Waals surface area (Å²) in [6.45, 7) is 1.43. The number of carbonyl (C=O) groups is 1. The van der Waals surface area contributed by atoms with E-state index in [2.05, 4.69) is 4.74 Å². The quantitative estimate of drug-likeness (QED) is 0.607. The van der Waals surface area contributed by atoms with E-state index in [1.54, 1.807) is 0 Å². The van der Waals surface area contributed by atoms with Gasteiger partial charge in [-0.1, -0.05) is 0 Å². The Balaban J connectivity index is 2.43. The zero-order chi connectivity index (χ0) is 12.9. The summed E-state index contributed by atoms with van der Waals surface area (Å²) in [7, 11) is 0. The van der Waals surface area contributed by atoms with Crippen molar-refractivity contribution in [1.29, 1.82) is 0 Å². The van der Waals surface area contributed by atoms with E-state index in [0.717, 1.165) is 12.1 Å². The van der Waals surface area contributed by atoms with E-state index in [1.165, 1.54) is 19.1 Å². The van der Waals surface area contributed by atoms with Gasteiger partial charge in [-0.05, 0) is 24.3 Å². The van der Waals surface area contributed by atoms with E-state index in [-0.39, 0.29) is 13.2 Å². The third-order valence-electron chi connectivity index (χ3n) is 1.84. The maximum Gasteiger partial charge on any atom is 0.416 e. The normalized spacial score (nSPS) is 11.1. The largest absolute Gasteiger partial charge is 0.490 e. The fraction of sp³-hybridized carbons (Fsp3) is 0.364. The molecule has 0 aliphatic rings. The second-order valence-corrected chi connectivity index (χ2v) is 3.21. The summed E-state index contributed by atoms with van der Waals surface area (Å²) < 4.78 is 46.3. The molecule has 6 heteroatoms. The van der Waals surface area contributed by atoms with E-state index in [9.17, 15) is 18.0 Å². The van der Waals surface area contributed by atoms with Crippen molar-refractivity contribution in [2.45, 2.75) is 13.1 Å². The van der Waals surface area contributed by atoms with Crippen LogP contribution in [0.5, 0.6) is 5.75 Å². The van der Waals surface area contributed by atoms with Gasteiger partial charge >= 0.3 is 12.1 Å². The highest BCUT2D eigenvalue weighted by Crippen LogP contribution is 2.30. The molecule has 0 amide bonds. The van der Waals surface area contributed by atoms with Gasteiger partial charge in [0.2, 0.25) is 0 Å². The fourth-order valence-electron chi connectivity index (χ4n) is 1.09. The van der Waals surface area contributed by atoms with Crippen LogP contribution in [-0.4, -0.2) is 19.2 Å². The molecule has 17 heavy (non-hydrogen) atoms. The van der Waals surface area contributed by atoms with Crippen LogP contribution in [0.2, 0.25) is 0 Å². The zero-order valence-corrected chi connectivity index (χ0v) is 9.08. The first-order chi connectivity index (χ1) is 7.89. The van der Waals surface area contributed by atoms with Crippen molar-refractivity contribution in [1.82, 2.24) is 0 Å². The van der Waals surface area contributed by atoms with Gasteiger partial charge in [0.25, 0.3) is 0 Å². The van der Waals surface area contributed by atoms with Crippen molar-refractivity contribution >= 4 is 5.97 Å².